The highest BCUT2D eigenvalue weighted by Crippen LogP contribution is 2.40. The van der Waals surface area contributed by atoms with Crippen LogP contribution in [0.3, 0.4) is 0 Å². The van der Waals surface area contributed by atoms with Crippen LogP contribution >= 0.6 is 0 Å². The van der Waals surface area contributed by atoms with Gasteiger partial charge in [0.25, 0.3) is 5.56 Å². The molecule has 0 radical (unpaired) electrons. The second kappa shape index (κ2) is 9.63. The molecule has 8 nitrogen and oxygen atoms in total. The molecule has 178 valence electrons. The van der Waals surface area contributed by atoms with E-state index in [-0.39, 0.29) is 35.4 Å². The monoisotopic (exact) mass is 453 g/mol. The second-order valence-corrected chi connectivity index (χ2v) is 10.0. The van der Waals surface area contributed by atoms with Gasteiger partial charge in [-0.1, -0.05) is 13.8 Å². The lowest BCUT2D eigenvalue weighted by molar-refractivity contribution is -0.125. The fraction of sp³-hybridized carbons (Fsp3) is 0.600. The number of amides is 3. The first kappa shape index (κ1) is 23.4. The Hall–Kier alpha value is -2.74. The van der Waals surface area contributed by atoms with E-state index in [0.717, 1.165) is 48.0 Å². The van der Waals surface area contributed by atoms with E-state index in [1.807, 2.05) is 19.1 Å². The molecule has 4 rings (SSSR count). The van der Waals surface area contributed by atoms with Gasteiger partial charge in [-0.3, -0.25) is 25.2 Å². The van der Waals surface area contributed by atoms with Crippen molar-refractivity contribution in [3.8, 4) is 0 Å². The highest BCUT2D eigenvalue weighted by atomic mass is 16.2. The Labute approximate surface area is 194 Å². The van der Waals surface area contributed by atoms with Gasteiger partial charge in [-0.15, -0.1) is 0 Å². The maximum atomic E-state index is 13.2. The molecule has 0 spiro atoms. The summed E-state index contributed by atoms with van der Waals surface area (Å²) < 4.78 is 1.68. The zero-order chi connectivity index (χ0) is 23.7. The lowest BCUT2D eigenvalue weighted by Gasteiger charge is -2.34. The molecule has 8 heteroatoms. The average molecular weight is 454 g/mol. The van der Waals surface area contributed by atoms with E-state index in [0.29, 0.717) is 18.8 Å². The van der Waals surface area contributed by atoms with E-state index in [2.05, 4.69) is 34.8 Å². The van der Waals surface area contributed by atoms with Gasteiger partial charge in [-0.2, -0.15) is 0 Å². The van der Waals surface area contributed by atoms with Gasteiger partial charge < -0.3 is 9.88 Å². The van der Waals surface area contributed by atoms with Crippen LogP contribution in [0.25, 0.3) is 10.9 Å². The van der Waals surface area contributed by atoms with Gasteiger partial charge in [0.2, 0.25) is 5.91 Å². The van der Waals surface area contributed by atoms with Gasteiger partial charge in [0.15, 0.2) is 0 Å². The van der Waals surface area contributed by atoms with Crippen molar-refractivity contribution in [2.45, 2.75) is 65.0 Å². The lowest BCUT2D eigenvalue weighted by Crippen LogP contribution is -2.54. The van der Waals surface area contributed by atoms with Crippen LogP contribution in [0.4, 0.5) is 4.79 Å². The summed E-state index contributed by atoms with van der Waals surface area (Å²) in [5.74, 6) is 0.274. The maximum Gasteiger partial charge on any atom is 0.322 e. The van der Waals surface area contributed by atoms with E-state index in [4.69, 9.17) is 0 Å². The molecule has 3 heterocycles. The number of rotatable bonds is 3. The van der Waals surface area contributed by atoms with Gasteiger partial charge in [0.1, 0.15) is 0 Å². The predicted molar refractivity (Wildman–Crippen MR) is 128 cm³/mol. The van der Waals surface area contributed by atoms with Crippen molar-refractivity contribution < 1.29 is 9.59 Å². The van der Waals surface area contributed by atoms with Crippen LogP contribution in [0, 0.1) is 24.7 Å². The summed E-state index contributed by atoms with van der Waals surface area (Å²) in [6, 6.07) is 3.40. The van der Waals surface area contributed by atoms with Gasteiger partial charge in [0, 0.05) is 35.8 Å². The smallest absolute Gasteiger partial charge is 0.322 e. The Balaban J connectivity index is 1.46. The number of fused-ring (bicyclic) bond motifs is 1. The van der Waals surface area contributed by atoms with Gasteiger partial charge in [0.05, 0.1) is 11.7 Å². The van der Waals surface area contributed by atoms with Crippen LogP contribution < -0.4 is 21.5 Å². The van der Waals surface area contributed by atoms with E-state index in [9.17, 15) is 14.4 Å². The Kier molecular flexibility index (Phi) is 6.83. The summed E-state index contributed by atoms with van der Waals surface area (Å²) in [5.41, 5.74) is 2.42. The third-order valence-corrected chi connectivity index (χ3v) is 7.44. The van der Waals surface area contributed by atoms with Crippen molar-refractivity contribution in [1.29, 1.82) is 0 Å². The number of nitrogens with one attached hydrogen (secondary N) is 3. The van der Waals surface area contributed by atoms with E-state index in [1.54, 1.807) is 17.8 Å². The Morgan fingerprint density at radius 3 is 2.67 bits per heavy atom. The second-order valence-electron chi connectivity index (χ2n) is 10.0. The van der Waals surface area contributed by atoms with Crippen LogP contribution in [0.15, 0.2) is 23.1 Å². The molecule has 2 aromatic rings. The van der Waals surface area contributed by atoms with Gasteiger partial charge >= 0.3 is 6.03 Å². The van der Waals surface area contributed by atoms with Crippen molar-refractivity contribution in [2.24, 2.45) is 24.8 Å². The largest absolute Gasteiger partial charge is 0.322 e. The van der Waals surface area contributed by atoms with Crippen LogP contribution in [-0.4, -0.2) is 34.2 Å². The molecule has 0 bridgehead atoms. The first-order chi connectivity index (χ1) is 15.7. The molecule has 1 aliphatic carbocycles. The Morgan fingerprint density at radius 2 is 1.94 bits per heavy atom. The molecule has 2 fully saturated rings. The highest BCUT2D eigenvalue weighted by Gasteiger charge is 2.35. The molecule has 0 aromatic carbocycles. The van der Waals surface area contributed by atoms with Crippen LogP contribution in [0.5, 0.6) is 0 Å². The summed E-state index contributed by atoms with van der Waals surface area (Å²) in [4.78, 5) is 42.9. The number of pyridine rings is 2. The number of imide groups is 1. The molecule has 1 aliphatic heterocycles. The normalized spacial score (nSPS) is 27.8. The SMILES string of the molecule is Cc1cc2c(cn1)cc(C1CC(C(=O)NC(=O)NC3CCC(C)CN3)CCC1C)c(=O)n2C. The fourth-order valence-electron chi connectivity index (χ4n) is 5.28. The fourth-order valence-corrected chi connectivity index (χ4v) is 5.28. The molecular weight excluding hydrogens is 418 g/mol. The zero-order valence-electron chi connectivity index (χ0n) is 20.0. The van der Waals surface area contributed by atoms with Crippen molar-refractivity contribution >= 4 is 22.8 Å². The van der Waals surface area contributed by atoms with Gasteiger partial charge in [-0.05, 0) is 75.5 Å². The molecule has 2 aliphatic rings. The minimum absolute atomic E-state index is 0.0265. The molecule has 3 N–H and O–H groups in total. The standard InChI is InChI=1S/C25H35N5O3/c1-14-5-8-22(27-12-14)28-25(33)29-23(31)17-7-6-15(2)19(10-17)20-11-18-13-26-16(3)9-21(18)30(4)24(20)32/h9,11,13-15,17,19,22,27H,5-8,10,12H2,1-4H3,(H2,28,29,31,33). The third-order valence-electron chi connectivity index (χ3n) is 7.44. The van der Waals surface area contributed by atoms with Crippen LogP contribution in [0.2, 0.25) is 0 Å². The molecule has 5 atom stereocenters. The van der Waals surface area contributed by atoms with Crippen molar-refractivity contribution in [3.05, 3.63) is 39.9 Å². The van der Waals surface area contributed by atoms with E-state index >= 15 is 0 Å². The summed E-state index contributed by atoms with van der Waals surface area (Å²) in [6.45, 7) is 7.08. The lowest BCUT2D eigenvalue weighted by atomic mass is 9.71. The van der Waals surface area contributed by atoms with E-state index in [1.165, 1.54) is 0 Å². The molecule has 2 aromatic heterocycles. The Morgan fingerprint density at radius 1 is 1.15 bits per heavy atom. The first-order valence-corrected chi connectivity index (χ1v) is 12.0. The van der Waals surface area contributed by atoms with Crippen molar-refractivity contribution in [1.82, 2.24) is 25.5 Å². The first-order valence-electron chi connectivity index (χ1n) is 12.0. The number of aryl methyl sites for hydroxylation is 2. The minimum Gasteiger partial charge on any atom is -0.322 e. The molecular formula is C25H35N5O3. The maximum absolute atomic E-state index is 13.2. The number of hydrogen-bond acceptors (Lipinski definition) is 5. The summed E-state index contributed by atoms with van der Waals surface area (Å²) >= 11 is 0. The highest BCUT2D eigenvalue weighted by molar-refractivity contribution is 5.95. The predicted octanol–water partition coefficient (Wildman–Crippen LogP) is 2.93. The number of aromatic nitrogens is 2. The van der Waals surface area contributed by atoms with Crippen molar-refractivity contribution in [3.63, 3.8) is 0 Å². The molecule has 3 amide bonds. The number of urea groups is 1. The van der Waals surface area contributed by atoms with E-state index < -0.39 is 6.03 Å². The summed E-state index contributed by atoms with van der Waals surface area (Å²) in [6.07, 6.45) is 5.69. The average Bonchev–Trinajstić information content (AvgIpc) is 2.78. The van der Waals surface area contributed by atoms with Crippen molar-refractivity contribution in [2.75, 3.05) is 6.54 Å². The third kappa shape index (κ3) is 5.11. The zero-order valence-corrected chi connectivity index (χ0v) is 20.0. The molecule has 5 unspecified atom stereocenters. The molecule has 1 saturated heterocycles. The quantitative estimate of drug-likeness (QED) is 0.663. The van der Waals surface area contributed by atoms with Crippen LogP contribution in [-0.2, 0) is 11.8 Å². The topological polar surface area (TPSA) is 105 Å². The molecule has 1 saturated carbocycles. The summed E-state index contributed by atoms with van der Waals surface area (Å²) in [7, 11) is 1.79. The number of carbonyl (C=O) groups excluding carboxylic acids is 2. The number of nitrogens with zero attached hydrogens (tertiary/aromatic N) is 2. The number of hydrogen-bond donors (Lipinski definition) is 3. The molecule has 33 heavy (non-hydrogen) atoms. The summed E-state index contributed by atoms with van der Waals surface area (Å²) in [5, 5.41) is 9.61. The number of piperidine rings is 1. The number of carbonyl (C=O) groups is 2. The Bertz CT molecular complexity index is 1100. The minimum atomic E-state index is -0.453. The van der Waals surface area contributed by atoms with Crippen LogP contribution in [0.1, 0.15) is 63.1 Å². The van der Waals surface area contributed by atoms with Gasteiger partial charge in [-0.25, -0.2) is 4.79 Å².